The third kappa shape index (κ3) is 1.00. The van der Waals surface area contributed by atoms with Gasteiger partial charge < -0.3 is 9.64 Å². The molecular weight excluding hydrogens is 142 g/mol. The highest BCUT2D eigenvalue weighted by Crippen LogP contribution is 2.25. The summed E-state index contributed by atoms with van der Waals surface area (Å²) in [4.78, 5) is 2.03. The standard InChI is InChI=1S/C7H9N3O/c1-10-4-5-11-6-2-3-8-9-7(6)10/h2-3H,4-5H2,1H3. The van der Waals surface area contributed by atoms with Gasteiger partial charge in [-0.05, 0) is 0 Å². The van der Waals surface area contributed by atoms with Crippen molar-refractivity contribution < 1.29 is 4.74 Å². The number of hydrogen-bond acceptors (Lipinski definition) is 4. The Morgan fingerprint density at radius 3 is 3.36 bits per heavy atom. The minimum absolute atomic E-state index is 0.731. The van der Waals surface area contributed by atoms with E-state index in [1.807, 2.05) is 18.0 Å². The molecule has 2 heterocycles. The molecular formula is C7H9N3O. The summed E-state index contributed by atoms with van der Waals surface area (Å²) in [5.74, 6) is 1.66. The lowest BCUT2D eigenvalue weighted by molar-refractivity contribution is 0.308. The number of rotatable bonds is 0. The molecule has 1 aromatic heterocycles. The zero-order valence-electron chi connectivity index (χ0n) is 6.32. The molecule has 0 aromatic carbocycles. The summed E-state index contributed by atoms with van der Waals surface area (Å²) in [6, 6.07) is 1.83. The van der Waals surface area contributed by atoms with E-state index in [9.17, 15) is 0 Å². The predicted molar refractivity (Wildman–Crippen MR) is 40.8 cm³/mol. The molecule has 0 spiro atoms. The summed E-state index contributed by atoms with van der Waals surface area (Å²) in [6.45, 7) is 1.61. The number of aromatic nitrogens is 2. The van der Waals surface area contributed by atoms with Crippen LogP contribution in [0.25, 0.3) is 0 Å². The van der Waals surface area contributed by atoms with Crippen molar-refractivity contribution >= 4 is 5.82 Å². The lowest BCUT2D eigenvalue weighted by atomic mass is 10.4. The SMILES string of the molecule is CN1CCOc2ccnnc21. The molecule has 1 aromatic rings. The lowest BCUT2D eigenvalue weighted by Gasteiger charge is -2.24. The van der Waals surface area contributed by atoms with Gasteiger partial charge in [-0.2, -0.15) is 5.10 Å². The quantitative estimate of drug-likeness (QED) is 0.534. The van der Waals surface area contributed by atoms with Crippen molar-refractivity contribution in [3.8, 4) is 5.75 Å². The molecule has 0 N–H and O–H groups in total. The van der Waals surface area contributed by atoms with Crippen molar-refractivity contribution in [2.45, 2.75) is 0 Å². The first-order valence-corrected chi connectivity index (χ1v) is 3.53. The van der Waals surface area contributed by atoms with E-state index in [-0.39, 0.29) is 0 Å². The van der Waals surface area contributed by atoms with E-state index >= 15 is 0 Å². The summed E-state index contributed by atoms with van der Waals surface area (Å²) >= 11 is 0. The number of hydrogen-bond donors (Lipinski definition) is 0. The second kappa shape index (κ2) is 2.38. The van der Waals surface area contributed by atoms with E-state index in [1.54, 1.807) is 6.20 Å². The Bertz CT molecular complexity index is 264. The van der Waals surface area contributed by atoms with Crippen LogP contribution in [0.3, 0.4) is 0 Å². The highest BCUT2D eigenvalue weighted by Gasteiger charge is 2.15. The normalized spacial score (nSPS) is 15.5. The summed E-state index contributed by atoms with van der Waals surface area (Å²) in [5.41, 5.74) is 0. The molecule has 0 radical (unpaired) electrons. The van der Waals surface area contributed by atoms with Crippen LogP contribution in [-0.4, -0.2) is 30.4 Å². The van der Waals surface area contributed by atoms with Gasteiger partial charge in [-0.25, -0.2) is 0 Å². The van der Waals surface area contributed by atoms with Gasteiger partial charge in [0.15, 0.2) is 11.6 Å². The van der Waals surface area contributed by atoms with E-state index in [4.69, 9.17) is 4.74 Å². The second-order valence-electron chi connectivity index (χ2n) is 2.49. The third-order valence-electron chi connectivity index (χ3n) is 1.71. The first-order valence-electron chi connectivity index (χ1n) is 3.53. The smallest absolute Gasteiger partial charge is 0.193 e. The zero-order valence-corrected chi connectivity index (χ0v) is 6.32. The van der Waals surface area contributed by atoms with Gasteiger partial charge in [-0.3, -0.25) is 0 Å². The van der Waals surface area contributed by atoms with Crippen LogP contribution in [-0.2, 0) is 0 Å². The molecule has 0 fully saturated rings. The molecule has 1 aliphatic heterocycles. The lowest BCUT2D eigenvalue weighted by Crippen LogP contribution is -2.29. The Balaban J connectivity index is 2.44. The highest BCUT2D eigenvalue weighted by atomic mass is 16.5. The summed E-state index contributed by atoms with van der Waals surface area (Å²) in [6.07, 6.45) is 1.64. The van der Waals surface area contributed by atoms with Gasteiger partial charge in [0, 0.05) is 13.1 Å². The van der Waals surface area contributed by atoms with Crippen LogP contribution in [0.2, 0.25) is 0 Å². The van der Waals surface area contributed by atoms with E-state index in [0.717, 1.165) is 24.7 Å². The Labute approximate surface area is 64.8 Å². The van der Waals surface area contributed by atoms with Crippen molar-refractivity contribution in [1.82, 2.24) is 10.2 Å². The van der Waals surface area contributed by atoms with Gasteiger partial charge >= 0.3 is 0 Å². The molecule has 2 rings (SSSR count). The van der Waals surface area contributed by atoms with E-state index in [0.29, 0.717) is 0 Å². The number of anilines is 1. The maximum absolute atomic E-state index is 5.35. The molecule has 0 saturated carbocycles. The topological polar surface area (TPSA) is 38.2 Å². The van der Waals surface area contributed by atoms with Crippen LogP contribution >= 0.6 is 0 Å². The second-order valence-corrected chi connectivity index (χ2v) is 2.49. The van der Waals surface area contributed by atoms with Crippen LogP contribution in [0, 0.1) is 0 Å². The Morgan fingerprint density at radius 1 is 1.64 bits per heavy atom. The van der Waals surface area contributed by atoms with Crippen LogP contribution in [0.5, 0.6) is 5.75 Å². The van der Waals surface area contributed by atoms with Gasteiger partial charge in [0.25, 0.3) is 0 Å². The average molecular weight is 151 g/mol. The average Bonchev–Trinajstić information content (AvgIpc) is 2.06. The third-order valence-corrected chi connectivity index (χ3v) is 1.71. The number of likely N-dealkylation sites (N-methyl/N-ethyl adjacent to an activating group) is 1. The van der Waals surface area contributed by atoms with Crippen molar-refractivity contribution in [2.24, 2.45) is 0 Å². The highest BCUT2D eigenvalue weighted by molar-refractivity contribution is 5.51. The van der Waals surface area contributed by atoms with Crippen molar-refractivity contribution in [1.29, 1.82) is 0 Å². The molecule has 0 bridgehead atoms. The van der Waals surface area contributed by atoms with Gasteiger partial charge in [0.05, 0.1) is 12.7 Å². The number of ether oxygens (including phenoxy) is 1. The maximum Gasteiger partial charge on any atom is 0.193 e. The summed E-state index contributed by atoms with van der Waals surface area (Å²) < 4.78 is 5.35. The van der Waals surface area contributed by atoms with Gasteiger partial charge in [0.2, 0.25) is 0 Å². The van der Waals surface area contributed by atoms with Crippen molar-refractivity contribution in [3.63, 3.8) is 0 Å². The monoisotopic (exact) mass is 151 g/mol. The van der Waals surface area contributed by atoms with Crippen molar-refractivity contribution in [3.05, 3.63) is 12.3 Å². The largest absolute Gasteiger partial charge is 0.488 e. The van der Waals surface area contributed by atoms with Crippen LogP contribution in [0.4, 0.5) is 5.82 Å². The minimum atomic E-state index is 0.731. The van der Waals surface area contributed by atoms with Crippen LogP contribution in [0.15, 0.2) is 12.3 Å². The molecule has 11 heavy (non-hydrogen) atoms. The molecule has 0 aliphatic carbocycles. The zero-order chi connectivity index (χ0) is 7.68. The summed E-state index contributed by atoms with van der Waals surface area (Å²) in [5, 5.41) is 7.73. The van der Waals surface area contributed by atoms with E-state index in [1.165, 1.54) is 0 Å². The number of nitrogens with zero attached hydrogens (tertiary/aromatic N) is 3. The molecule has 4 nitrogen and oxygen atoms in total. The van der Waals surface area contributed by atoms with Crippen LogP contribution < -0.4 is 9.64 Å². The van der Waals surface area contributed by atoms with E-state index in [2.05, 4.69) is 10.2 Å². The fraction of sp³-hybridized carbons (Fsp3) is 0.429. The Hall–Kier alpha value is -1.32. The molecule has 4 heteroatoms. The first kappa shape index (κ1) is 6.39. The first-order chi connectivity index (χ1) is 5.38. The molecule has 58 valence electrons. The molecule has 0 unspecified atom stereocenters. The van der Waals surface area contributed by atoms with Gasteiger partial charge in [-0.15, -0.1) is 5.10 Å². The molecule has 0 saturated heterocycles. The van der Waals surface area contributed by atoms with Crippen LogP contribution in [0.1, 0.15) is 0 Å². The molecule has 0 amide bonds. The Morgan fingerprint density at radius 2 is 2.55 bits per heavy atom. The Kier molecular flexibility index (Phi) is 1.38. The van der Waals surface area contributed by atoms with E-state index < -0.39 is 0 Å². The summed E-state index contributed by atoms with van der Waals surface area (Å²) in [7, 11) is 1.98. The molecule has 0 atom stereocenters. The fourth-order valence-corrected chi connectivity index (χ4v) is 1.09. The number of fused-ring (bicyclic) bond motifs is 1. The van der Waals surface area contributed by atoms with Crippen molar-refractivity contribution in [2.75, 3.05) is 25.1 Å². The molecule has 1 aliphatic rings. The predicted octanol–water partition coefficient (Wildman–Crippen LogP) is 0.305. The maximum atomic E-state index is 5.35. The minimum Gasteiger partial charge on any atom is -0.488 e. The fourth-order valence-electron chi connectivity index (χ4n) is 1.09. The van der Waals surface area contributed by atoms with Gasteiger partial charge in [-0.1, -0.05) is 0 Å². The van der Waals surface area contributed by atoms with Gasteiger partial charge in [0.1, 0.15) is 6.61 Å².